The van der Waals surface area contributed by atoms with Crippen LogP contribution in [0.5, 0.6) is 5.75 Å². The molecule has 2 amide bonds. The number of phosphoric ester groups is 1. The van der Waals surface area contributed by atoms with Crippen molar-refractivity contribution in [1.29, 1.82) is 0 Å². The van der Waals surface area contributed by atoms with Crippen molar-refractivity contribution in [3.05, 3.63) is 29.8 Å². The van der Waals surface area contributed by atoms with Gasteiger partial charge in [-0.1, -0.05) is 27.7 Å². The number of ketones is 1. The van der Waals surface area contributed by atoms with E-state index in [2.05, 4.69) is 9.84 Å². The van der Waals surface area contributed by atoms with E-state index in [1.165, 1.54) is 12.1 Å². The van der Waals surface area contributed by atoms with Gasteiger partial charge in [0.15, 0.2) is 5.78 Å². The van der Waals surface area contributed by atoms with Crippen molar-refractivity contribution in [2.24, 2.45) is 28.1 Å². The largest absolute Gasteiger partial charge is 1.00 e. The molecule has 40 heavy (non-hydrogen) atoms. The van der Waals surface area contributed by atoms with E-state index in [1.807, 2.05) is 27.7 Å². The number of imide groups is 1. The Hall–Kier alpha value is -1.30. The first-order chi connectivity index (χ1) is 18.0. The van der Waals surface area contributed by atoms with E-state index in [9.17, 15) is 34.1 Å². The monoisotopic (exact) mass is 589 g/mol. The molecule has 3 aliphatic carbocycles. The Kier molecular flexibility index (Phi) is 9.77. The van der Waals surface area contributed by atoms with Gasteiger partial charge < -0.3 is 29.3 Å². The molecule has 216 valence electrons. The molecular formula is C27H37NNaO10P. The summed E-state index contributed by atoms with van der Waals surface area (Å²) in [6.45, 7) is 7.82. The predicted octanol–water partition coefficient (Wildman–Crippen LogP) is -0.291. The van der Waals surface area contributed by atoms with E-state index in [0.717, 1.165) is 18.6 Å². The van der Waals surface area contributed by atoms with Crippen molar-refractivity contribution in [3.63, 3.8) is 0 Å². The molecule has 0 aliphatic heterocycles. The average Bonchev–Trinajstić information content (AvgIpc) is 3.09. The topological polar surface area (TPSA) is 183 Å². The summed E-state index contributed by atoms with van der Waals surface area (Å²) in [6, 6.07) is 4.72. The first-order valence-electron chi connectivity index (χ1n) is 13.3. The fraction of sp³-hybridized carbons (Fsp3) is 0.667. The molecule has 4 N–H and O–H groups in total. The third-order valence-electron chi connectivity index (χ3n) is 9.94. The molecule has 1 aromatic rings. The summed E-state index contributed by atoms with van der Waals surface area (Å²) in [5.74, 6) is -1.95. The maximum Gasteiger partial charge on any atom is 1.00 e. The number of benzene rings is 1. The van der Waals surface area contributed by atoms with Gasteiger partial charge in [0.2, 0.25) is 0 Å². The Morgan fingerprint density at radius 2 is 1.77 bits per heavy atom. The molecular weight excluding hydrogens is 552 g/mol. The second kappa shape index (κ2) is 11.8. The normalized spacial score (nSPS) is 38.5. The van der Waals surface area contributed by atoms with Gasteiger partial charge in [0.1, 0.15) is 18.0 Å². The third kappa shape index (κ3) is 6.08. The van der Waals surface area contributed by atoms with Crippen molar-refractivity contribution < 1.29 is 77.8 Å². The molecule has 11 nitrogen and oxygen atoms in total. The van der Waals surface area contributed by atoms with Crippen LogP contribution >= 0.6 is 7.82 Å². The number of ether oxygens (including phenoxy) is 1. The number of aliphatic hydroxyl groups is 2. The minimum Gasteiger partial charge on any atom is -0.746 e. The molecule has 1 aromatic carbocycles. The number of aliphatic hydroxyl groups excluding tert-OH is 2. The Labute approximate surface area is 255 Å². The molecule has 2 bridgehead atoms. The minimum atomic E-state index is -5.01. The fourth-order valence-electron chi connectivity index (χ4n) is 7.30. The molecule has 0 radical (unpaired) electrons. The van der Waals surface area contributed by atoms with Crippen LogP contribution in [0.4, 0.5) is 4.79 Å². The van der Waals surface area contributed by atoms with E-state index in [4.69, 9.17) is 9.63 Å². The summed E-state index contributed by atoms with van der Waals surface area (Å²) in [5.41, 5.74) is -2.06. The molecule has 3 saturated carbocycles. The van der Waals surface area contributed by atoms with Crippen LogP contribution in [-0.2, 0) is 14.1 Å². The number of Topliss-reactive ketones (excluding diaryl/α,β-unsaturated/α-hetero) is 1. The number of hydrogen-bond acceptors (Lipinski definition) is 9. The summed E-state index contributed by atoms with van der Waals surface area (Å²) >= 11 is 0. The van der Waals surface area contributed by atoms with Crippen LogP contribution in [0.15, 0.2) is 24.3 Å². The second-order valence-corrected chi connectivity index (χ2v) is 13.2. The molecule has 9 atom stereocenters. The molecule has 0 heterocycles. The molecule has 3 fully saturated rings. The van der Waals surface area contributed by atoms with Gasteiger partial charge in [-0.15, -0.1) is 0 Å². The molecule has 0 spiro atoms. The fourth-order valence-corrected chi connectivity index (χ4v) is 7.69. The quantitative estimate of drug-likeness (QED) is 0.263. The number of rotatable bonds is 5. The van der Waals surface area contributed by atoms with Crippen molar-refractivity contribution in [2.75, 3.05) is 0 Å². The Morgan fingerprint density at radius 3 is 2.35 bits per heavy atom. The minimum absolute atomic E-state index is 0. The van der Waals surface area contributed by atoms with Crippen LogP contribution in [0.2, 0.25) is 0 Å². The van der Waals surface area contributed by atoms with Crippen LogP contribution in [0.3, 0.4) is 0 Å². The van der Waals surface area contributed by atoms with Gasteiger partial charge in [0, 0.05) is 16.9 Å². The van der Waals surface area contributed by atoms with Crippen molar-refractivity contribution >= 4 is 25.6 Å². The number of nitrogens with one attached hydrogen (secondary N) is 1. The zero-order valence-electron chi connectivity index (χ0n) is 23.6. The Balaban J connectivity index is 0.00000441. The van der Waals surface area contributed by atoms with Gasteiger partial charge >= 0.3 is 43.5 Å². The number of amides is 2. The van der Waals surface area contributed by atoms with E-state index >= 15 is 0 Å². The van der Waals surface area contributed by atoms with E-state index in [-0.39, 0.29) is 65.4 Å². The number of alkyl carbamates (subject to hydrolysis) is 1. The second-order valence-electron chi connectivity index (χ2n) is 12.1. The van der Waals surface area contributed by atoms with Gasteiger partial charge in [-0.05, 0) is 79.5 Å². The maximum absolute atomic E-state index is 13.4. The van der Waals surface area contributed by atoms with Gasteiger partial charge in [-0.25, -0.2) is 4.79 Å². The Bertz CT molecular complexity index is 1190. The average molecular weight is 590 g/mol. The standard InChI is InChI=1S/C27H38NO10P.Na/c1-5-25(3)14-20(37-24(33)28-23(32)16-6-8-17(9-7-16)38-39(34,35)36)26(4)15(2)10-11-27(13-19(25)30)12-18(29)21(31)22(26)27;/h6-9,15,18-20,22,29-30H,5,10-14H2,1-4H3,(H,28,32,33)(H2,34,35,36);/q;+1/p-1/t15-,18+,19+,20-,22+,25-,26+,27?;/m1./s1. The van der Waals surface area contributed by atoms with E-state index < -0.39 is 60.3 Å². The van der Waals surface area contributed by atoms with Crippen LogP contribution < -0.4 is 44.3 Å². The van der Waals surface area contributed by atoms with Crippen molar-refractivity contribution in [3.8, 4) is 5.75 Å². The van der Waals surface area contributed by atoms with Crippen LogP contribution in [0.1, 0.15) is 76.6 Å². The molecule has 3 aliphatic rings. The molecule has 2 unspecified atom stereocenters. The third-order valence-corrected chi connectivity index (χ3v) is 10.4. The molecule has 0 aromatic heterocycles. The van der Waals surface area contributed by atoms with Crippen LogP contribution in [-0.4, -0.2) is 51.2 Å². The molecule has 13 heteroatoms. The van der Waals surface area contributed by atoms with E-state index in [1.54, 1.807) is 0 Å². The SMILES string of the molecule is CC[C@]1(C)C[C@@H](OC(=O)NC(=O)c2ccc(OP(=O)([O-])O)cc2)[C@]2(C)[C@H](C)CCC3(C[C@H](O)C(=O)[C@H]32)C[C@@H]1O.[Na+]. The Morgan fingerprint density at radius 1 is 1.15 bits per heavy atom. The number of hydrogen-bond donors (Lipinski definition) is 4. The predicted molar refractivity (Wildman–Crippen MR) is 136 cm³/mol. The van der Waals surface area contributed by atoms with Crippen LogP contribution in [0, 0.1) is 28.1 Å². The first kappa shape index (κ1) is 33.2. The number of carbonyl (C=O) groups excluding carboxylic acids is 3. The van der Waals surface area contributed by atoms with Crippen LogP contribution in [0.25, 0.3) is 0 Å². The molecule has 0 saturated heterocycles. The van der Waals surface area contributed by atoms with Crippen molar-refractivity contribution in [2.45, 2.75) is 84.5 Å². The summed E-state index contributed by atoms with van der Waals surface area (Å²) in [7, 11) is -5.01. The van der Waals surface area contributed by atoms with Gasteiger partial charge in [-0.2, -0.15) is 0 Å². The van der Waals surface area contributed by atoms with Gasteiger partial charge in [0.25, 0.3) is 5.91 Å². The van der Waals surface area contributed by atoms with Crippen molar-refractivity contribution in [1.82, 2.24) is 5.32 Å². The summed E-state index contributed by atoms with van der Waals surface area (Å²) in [4.78, 5) is 58.9. The van der Waals surface area contributed by atoms with Gasteiger partial charge in [0.05, 0.1) is 6.10 Å². The maximum atomic E-state index is 13.4. The van der Waals surface area contributed by atoms with Gasteiger partial charge in [-0.3, -0.25) is 19.5 Å². The summed E-state index contributed by atoms with van der Waals surface area (Å²) < 4.78 is 21.2. The number of phosphoric acid groups is 1. The zero-order valence-corrected chi connectivity index (χ0v) is 26.5. The summed E-state index contributed by atoms with van der Waals surface area (Å²) in [6.07, 6.45) is -0.819. The first-order valence-corrected chi connectivity index (χ1v) is 14.8. The molecule has 4 rings (SSSR count). The summed E-state index contributed by atoms with van der Waals surface area (Å²) in [5, 5.41) is 24.2. The smallest absolute Gasteiger partial charge is 0.746 e. The number of carbonyl (C=O) groups is 3. The zero-order chi connectivity index (χ0) is 29.0. The van der Waals surface area contributed by atoms with E-state index in [0.29, 0.717) is 19.3 Å².